The summed E-state index contributed by atoms with van der Waals surface area (Å²) in [6.45, 7) is 2.10. The minimum Gasteiger partial charge on any atom is -0.508 e. The molecule has 2 aromatic carbocycles. The highest BCUT2D eigenvalue weighted by Crippen LogP contribution is 2.47. The van der Waals surface area contributed by atoms with Crippen LogP contribution in [0, 0.1) is 17.8 Å². The van der Waals surface area contributed by atoms with Gasteiger partial charge >= 0.3 is 6.01 Å². The Bertz CT molecular complexity index is 1480. The number of nitrogens with one attached hydrogen (secondary N) is 1. The van der Waals surface area contributed by atoms with Crippen LogP contribution in [0.2, 0.25) is 0 Å². The van der Waals surface area contributed by atoms with Gasteiger partial charge in [-0.25, -0.2) is 0 Å². The molecule has 1 aliphatic carbocycles. The van der Waals surface area contributed by atoms with E-state index in [0.717, 1.165) is 58.2 Å². The van der Waals surface area contributed by atoms with E-state index in [2.05, 4.69) is 30.2 Å². The topological polar surface area (TPSA) is 79.7 Å². The number of ether oxygens (including phenoxy) is 2. The van der Waals surface area contributed by atoms with Gasteiger partial charge in [0.2, 0.25) is 0 Å². The Kier molecular flexibility index (Phi) is 6.46. The molecule has 2 bridgehead atoms. The zero-order valence-corrected chi connectivity index (χ0v) is 23.4. The van der Waals surface area contributed by atoms with Crippen LogP contribution in [0.5, 0.6) is 11.8 Å². The van der Waals surface area contributed by atoms with E-state index in [0.29, 0.717) is 43.6 Å². The van der Waals surface area contributed by atoms with Crippen LogP contribution in [0.4, 0.5) is 0 Å². The Balaban J connectivity index is 1.25. The minimum atomic E-state index is -0.278. The standard InChI is InChI=1S/C33H38N4O3/c1-4-20-6-5-7-21-14-25(38)15-26(30(20)21)29-16-28-27(17-39-29)31(22-12-23-8-9-24(13-22)34-23)36-32(35-28)40-19-33(10-11-33)18-37(2)3/h1,5-7,14-15,22-24,29,34,38H,8-13,16-19H2,2-3H3. The number of nitrogens with zero attached hydrogens (tertiary/aromatic N) is 3. The van der Waals surface area contributed by atoms with E-state index in [1.165, 1.54) is 25.7 Å². The van der Waals surface area contributed by atoms with Crippen molar-refractivity contribution < 1.29 is 14.6 Å². The first-order chi connectivity index (χ1) is 19.4. The van der Waals surface area contributed by atoms with Crippen LogP contribution >= 0.6 is 0 Å². The summed E-state index contributed by atoms with van der Waals surface area (Å²) < 4.78 is 12.9. The van der Waals surface area contributed by atoms with Gasteiger partial charge in [-0.2, -0.15) is 9.97 Å². The Morgan fingerprint density at radius 1 is 1.18 bits per heavy atom. The third-order valence-corrected chi connectivity index (χ3v) is 9.38. The van der Waals surface area contributed by atoms with Crippen LogP contribution < -0.4 is 10.1 Å². The van der Waals surface area contributed by atoms with E-state index in [1.54, 1.807) is 12.1 Å². The third kappa shape index (κ3) is 4.83. The van der Waals surface area contributed by atoms with E-state index < -0.39 is 0 Å². The first-order valence-electron chi connectivity index (χ1n) is 14.7. The fourth-order valence-corrected chi connectivity index (χ4v) is 7.39. The van der Waals surface area contributed by atoms with Gasteiger partial charge in [0.1, 0.15) is 5.75 Å². The molecule has 2 N–H and O–H groups in total. The number of hydrogen-bond donors (Lipinski definition) is 2. The normalized spacial score (nSPS) is 26.4. The molecule has 0 radical (unpaired) electrons. The molecule has 4 heterocycles. The largest absolute Gasteiger partial charge is 0.508 e. The molecule has 7 rings (SSSR count). The molecule has 3 aromatic rings. The minimum absolute atomic E-state index is 0.203. The maximum absolute atomic E-state index is 10.6. The average Bonchev–Trinajstić information content (AvgIpc) is 3.63. The van der Waals surface area contributed by atoms with Crippen molar-refractivity contribution in [1.82, 2.24) is 20.2 Å². The van der Waals surface area contributed by atoms with Gasteiger partial charge in [0.25, 0.3) is 0 Å². The SMILES string of the molecule is C#Cc1cccc2cc(O)cc(C3Cc4nc(OCC5(CN(C)C)CC5)nc(C5CC6CCC(C5)N6)c4CO3)c12. The fourth-order valence-electron chi connectivity index (χ4n) is 7.39. The fraction of sp³-hybridized carbons (Fsp3) is 0.515. The van der Waals surface area contributed by atoms with Gasteiger partial charge in [0.05, 0.1) is 30.7 Å². The third-order valence-electron chi connectivity index (χ3n) is 9.38. The van der Waals surface area contributed by atoms with Crippen LogP contribution in [0.1, 0.15) is 78.6 Å². The van der Waals surface area contributed by atoms with Gasteiger partial charge in [-0.15, -0.1) is 6.42 Å². The van der Waals surface area contributed by atoms with Crippen molar-refractivity contribution in [2.45, 2.75) is 75.7 Å². The van der Waals surface area contributed by atoms with Crippen LogP contribution in [-0.2, 0) is 17.8 Å². The van der Waals surface area contributed by atoms with Crippen LogP contribution in [0.3, 0.4) is 0 Å². The smallest absolute Gasteiger partial charge is 0.316 e. The molecule has 3 unspecified atom stereocenters. The Morgan fingerprint density at radius 2 is 1.98 bits per heavy atom. The molecule has 0 amide bonds. The molecular weight excluding hydrogens is 500 g/mol. The summed E-state index contributed by atoms with van der Waals surface area (Å²) in [4.78, 5) is 12.3. The van der Waals surface area contributed by atoms with E-state index >= 15 is 0 Å². The van der Waals surface area contributed by atoms with Gasteiger partial charge in [-0.3, -0.25) is 0 Å². The first kappa shape index (κ1) is 25.8. The van der Waals surface area contributed by atoms with Crippen molar-refractivity contribution in [2.24, 2.45) is 5.41 Å². The molecule has 2 saturated heterocycles. The van der Waals surface area contributed by atoms with E-state index in [4.69, 9.17) is 25.9 Å². The number of hydrogen-bond acceptors (Lipinski definition) is 7. The Labute approximate surface area is 236 Å². The molecule has 7 nitrogen and oxygen atoms in total. The lowest BCUT2D eigenvalue weighted by Crippen LogP contribution is -2.38. The number of phenols is 1. The summed E-state index contributed by atoms with van der Waals surface area (Å²) in [6, 6.07) is 11.0. The van der Waals surface area contributed by atoms with Crippen molar-refractivity contribution in [1.29, 1.82) is 0 Å². The molecule has 7 heteroatoms. The van der Waals surface area contributed by atoms with Crippen LogP contribution in [0.25, 0.3) is 10.8 Å². The van der Waals surface area contributed by atoms with E-state index in [-0.39, 0.29) is 17.3 Å². The molecule has 40 heavy (non-hydrogen) atoms. The van der Waals surface area contributed by atoms with Crippen LogP contribution in [0.15, 0.2) is 30.3 Å². The maximum Gasteiger partial charge on any atom is 0.316 e. The predicted molar refractivity (Wildman–Crippen MR) is 154 cm³/mol. The Hall–Kier alpha value is -3.18. The van der Waals surface area contributed by atoms with Gasteiger partial charge in [-0.1, -0.05) is 18.1 Å². The summed E-state index contributed by atoms with van der Waals surface area (Å²) in [6.07, 6.45) is 13.2. The van der Waals surface area contributed by atoms with Crippen LogP contribution in [-0.4, -0.2) is 59.3 Å². The second kappa shape index (κ2) is 10.0. The maximum atomic E-state index is 10.6. The summed E-state index contributed by atoms with van der Waals surface area (Å²) in [5, 5.41) is 16.2. The molecule has 3 fully saturated rings. The lowest BCUT2D eigenvalue weighted by Gasteiger charge is -2.33. The first-order valence-corrected chi connectivity index (χ1v) is 14.7. The molecule has 0 spiro atoms. The van der Waals surface area contributed by atoms with Crippen molar-refractivity contribution in [3.8, 4) is 24.1 Å². The lowest BCUT2D eigenvalue weighted by molar-refractivity contribution is 0.0250. The lowest BCUT2D eigenvalue weighted by atomic mass is 9.85. The zero-order valence-electron chi connectivity index (χ0n) is 23.4. The summed E-state index contributed by atoms with van der Waals surface area (Å²) in [7, 11) is 4.24. The zero-order chi connectivity index (χ0) is 27.4. The number of piperidine rings is 1. The van der Waals surface area contributed by atoms with Crippen molar-refractivity contribution in [3.63, 3.8) is 0 Å². The Morgan fingerprint density at radius 3 is 2.70 bits per heavy atom. The summed E-state index contributed by atoms with van der Waals surface area (Å²) >= 11 is 0. The van der Waals surface area contributed by atoms with E-state index in [1.807, 2.05) is 18.2 Å². The molecule has 4 aliphatic rings. The number of aromatic nitrogens is 2. The average molecular weight is 539 g/mol. The number of benzene rings is 2. The highest BCUT2D eigenvalue weighted by Gasteiger charge is 2.44. The van der Waals surface area contributed by atoms with Gasteiger partial charge in [-0.05, 0) is 81.8 Å². The van der Waals surface area contributed by atoms with Crippen molar-refractivity contribution in [2.75, 3.05) is 27.2 Å². The highest BCUT2D eigenvalue weighted by atomic mass is 16.5. The molecule has 1 saturated carbocycles. The summed E-state index contributed by atoms with van der Waals surface area (Å²) in [5.74, 6) is 3.41. The number of fused-ring (bicyclic) bond motifs is 4. The van der Waals surface area contributed by atoms with Gasteiger partial charge < -0.3 is 24.8 Å². The second-order valence-corrected chi connectivity index (χ2v) is 12.7. The molecule has 3 aliphatic heterocycles. The number of aromatic hydroxyl groups is 1. The highest BCUT2D eigenvalue weighted by molar-refractivity contribution is 5.92. The van der Waals surface area contributed by atoms with E-state index in [9.17, 15) is 5.11 Å². The summed E-state index contributed by atoms with van der Waals surface area (Å²) in [5.41, 5.74) is 5.13. The monoisotopic (exact) mass is 538 g/mol. The second-order valence-electron chi connectivity index (χ2n) is 12.7. The molecular formula is C33H38N4O3. The molecule has 1 aromatic heterocycles. The number of rotatable bonds is 7. The quantitative estimate of drug-likeness (QED) is 0.417. The predicted octanol–water partition coefficient (Wildman–Crippen LogP) is 4.85. The number of phenolic OH excluding ortho intramolecular Hbond substituents is 1. The van der Waals surface area contributed by atoms with Gasteiger partial charge in [0, 0.05) is 52.9 Å². The molecule has 3 atom stereocenters. The molecule has 208 valence electrons. The van der Waals surface area contributed by atoms with Crippen molar-refractivity contribution in [3.05, 3.63) is 58.4 Å². The van der Waals surface area contributed by atoms with Gasteiger partial charge in [0.15, 0.2) is 0 Å². The van der Waals surface area contributed by atoms with Crippen molar-refractivity contribution >= 4 is 10.8 Å². The number of terminal acetylenes is 1.